The number of hydrogen-bond donors (Lipinski definition) is 1. The molecule has 2 aromatic carbocycles. The molecular formula is C17H20O3. The Morgan fingerprint density at radius 2 is 1.40 bits per heavy atom. The van der Waals surface area contributed by atoms with Gasteiger partial charge >= 0.3 is 0 Å². The summed E-state index contributed by atoms with van der Waals surface area (Å²) < 4.78 is 11.3. The van der Waals surface area contributed by atoms with Gasteiger partial charge < -0.3 is 14.6 Å². The fourth-order valence-electron chi connectivity index (χ4n) is 1.65. The minimum atomic E-state index is -0.698. The number of rotatable bonds is 6. The third-order valence-electron chi connectivity index (χ3n) is 2.79. The summed E-state index contributed by atoms with van der Waals surface area (Å²) in [6.45, 7) is 4.03. The second kappa shape index (κ2) is 6.44. The molecule has 3 nitrogen and oxygen atoms in total. The van der Waals surface area contributed by atoms with E-state index in [9.17, 15) is 5.11 Å². The quantitative estimate of drug-likeness (QED) is 0.863. The molecular weight excluding hydrogens is 252 g/mol. The van der Waals surface area contributed by atoms with Gasteiger partial charge in [-0.1, -0.05) is 18.2 Å². The summed E-state index contributed by atoms with van der Waals surface area (Å²) in [5, 5.41) is 9.60. The van der Waals surface area contributed by atoms with Gasteiger partial charge in [0.05, 0.1) is 12.2 Å². The van der Waals surface area contributed by atoms with Crippen LogP contribution in [0.15, 0.2) is 54.6 Å². The molecule has 20 heavy (non-hydrogen) atoms. The maximum Gasteiger partial charge on any atom is 0.127 e. The Balaban J connectivity index is 1.87. The molecule has 1 N–H and O–H groups in total. The van der Waals surface area contributed by atoms with Gasteiger partial charge in [0, 0.05) is 6.42 Å². The van der Waals surface area contributed by atoms with Gasteiger partial charge in [0.25, 0.3) is 0 Å². The van der Waals surface area contributed by atoms with Crippen molar-refractivity contribution in [3.05, 3.63) is 54.6 Å². The summed E-state index contributed by atoms with van der Waals surface area (Å²) in [4.78, 5) is 0. The van der Waals surface area contributed by atoms with Crippen LogP contribution in [0.4, 0.5) is 0 Å². The van der Waals surface area contributed by atoms with E-state index < -0.39 is 5.60 Å². The molecule has 0 spiro atoms. The maximum atomic E-state index is 9.60. The average Bonchev–Trinajstić information content (AvgIpc) is 2.41. The van der Waals surface area contributed by atoms with Crippen molar-refractivity contribution in [3.8, 4) is 17.2 Å². The zero-order chi connectivity index (χ0) is 14.4. The Morgan fingerprint density at radius 1 is 0.850 bits per heavy atom. The lowest BCUT2D eigenvalue weighted by Crippen LogP contribution is -2.21. The van der Waals surface area contributed by atoms with Crippen molar-refractivity contribution in [2.24, 2.45) is 0 Å². The second-order valence-electron chi connectivity index (χ2n) is 5.30. The molecule has 0 heterocycles. The first-order valence-electron chi connectivity index (χ1n) is 6.71. The Hall–Kier alpha value is -2.00. The van der Waals surface area contributed by atoms with Gasteiger partial charge in [-0.05, 0) is 50.2 Å². The molecule has 0 amide bonds. The van der Waals surface area contributed by atoms with Crippen LogP contribution in [0.5, 0.6) is 17.2 Å². The van der Waals surface area contributed by atoms with Crippen molar-refractivity contribution in [2.75, 3.05) is 6.61 Å². The van der Waals surface area contributed by atoms with Crippen LogP contribution < -0.4 is 9.47 Å². The molecule has 0 radical (unpaired) electrons. The van der Waals surface area contributed by atoms with Gasteiger partial charge in [-0.15, -0.1) is 0 Å². The molecule has 0 fully saturated rings. The molecule has 0 aromatic heterocycles. The van der Waals surface area contributed by atoms with Gasteiger partial charge in [0.1, 0.15) is 17.2 Å². The van der Waals surface area contributed by atoms with E-state index in [1.54, 1.807) is 13.8 Å². The summed E-state index contributed by atoms with van der Waals surface area (Å²) in [6.07, 6.45) is 0.593. The number of aliphatic hydroxyl groups is 1. The highest BCUT2D eigenvalue weighted by Crippen LogP contribution is 2.23. The van der Waals surface area contributed by atoms with Crippen molar-refractivity contribution in [2.45, 2.75) is 25.9 Å². The SMILES string of the molecule is CC(C)(O)CCOc1ccc(Oc2ccccc2)cc1. The Bertz CT molecular complexity index is 512. The van der Waals surface area contributed by atoms with E-state index in [0.29, 0.717) is 13.0 Å². The van der Waals surface area contributed by atoms with Gasteiger partial charge in [0.2, 0.25) is 0 Å². The van der Waals surface area contributed by atoms with Crippen molar-refractivity contribution in [1.82, 2.24) is 0 Å². The van der Waals surface area contributed by atoms with Gasteiger partial charge in [-0.3, -0.25) is 0 Å². The van der Waals surface area contributed by atoms with Crippen LogP contribution in [0.3, 0.4) is 0 Å². The predicted molar refractivity (Wildman–Crippen MR) is 79.4 cm³/mol. The number of ether oxygens (including phenoxy) is 2. The Kier molecular flexibility index (Phi) is 4.64. The summed E-state index contributed by atoms with van der Waals surface area (Å²) >= 11 is 0. The van der Waals surface area contributed by atoms with Crippen molar-refractivity contribution in [1.29, 1.82) is 0 Å². The van der Waals surface area contributed by atoms with Crippen LogP contribution in [-0.4, -0.2) is 17.3 Å². The van der Waals surface area contributed by atoms with Crippen LogP contribution >= 0.6 is 0 Å². The lowest BCUT2D eigenvalue weighted by molar-refractivity contribution is 0.0553. The normalized spacial score (nSPS) is 11.2. The van der Waals surface area contributed by atoms with E-state index in [2.05, 4.69) is 0 Å². The van der Waals surface area contributed by atoms with Crippen molar-refractivity contribution >= 4 is 0 Å². The standard InChI is InChI=1S/C17H20O3/c1-17(2,18)12-13-19-14-8-10-16(11-9-14)20-15-6-4-3-5-7-15/h3-11,18H,12-13H2,1-2H3. The largest absolute Gasteiger partial charge is 0.493 e. The molecule has 0 atom stereocenters. The van der Waals surface area contributed by atoms with Crippen LogP contribution in [0.2, 0.25) is 0 Å². The van der Waals surface area contributed by atoms with Crippen molar-refractivity contribution in [3.63, 3.8) is 0 Å². The molecule has 0 saturated carbocycles. The third-order valence-corrected chi connectivity index (χ3v) is 2.79. The van der Waals surface area contributed by atoms with Gasteiger partial charge in [-0.2, -0.15) is 0 Å². The highest BCUT2D eigenvalue weighted by atomic mass is 16.5. The number of benzene rings is 2. The molecule has 106 valence electrons. The topological polar surface area (TPSA) is 38.7 Å². The molecule has 2 aromatic rings. The first kappa shape index (κ1) is 14.4. The molecule has 0 bridgehead atoms. The minimum absolute atomic E-state index is 0.488. The van der Waals surface area contributed by atoms with E-state index >= 15 is 0 Å². The van der Waals surface area contributed by atoms with E-state index in [1.165, 1.54) is 0 Å². The van der Waals surface area contributed by atoms with Crippen LogP contribution in [0.25, 0.3) is 0 Å². The fourth-order valence-corrected chi connectivity index (χ4v) is 1.65. The highest BCUT2D eigenvalue weighted by molar-refractivity contribution is 5.35. The first-order chi connectivity index (χ1) is 9.53. The summed E-state index contributed by atoms with van der Waals surface area (Å²) in [5.41, 5.74) is -0.698. The van der Waals surface area contributed by atoms with Gasteiger partial charge in [-0.25, -0.2) is 0 Å². The van der Waals surface area contributed by atoms with E-state index in [4.69, 9.17) is 9.47 Å². The maximum absolute atomic E-state index is 9.60. The van der Waals surface area contributed by atoms with E-state index in [1.807, 2.05) is 54.6 Å². The Labute approximate surface area is 119 Å². The van der Waals surface area contributed by atoms with Gasteiger partial charge in [0.15, 0.2) is 0 Å². The van der Waals surface area contributed by atoms with Crippen LogP contribution in [0, 0.1) is 0 Å². The van der Waals surface area contributed by atoms with E-state index in [-0.39, 0.29) is 0 Å². The number of para-hydroxylation sites is 1. The molecule has 0 aliphatic rings. The summed E-state index contributed by atoms with van der Waals surface area (Å²) in [5.74, 6) is 2.35. The monoisotopic (exact) mass is 272 g/mol. The fraction of sp³-hybridized carbons (Fsp3) is 0.294. The van der Waals surface area contributed by atoms with Crippen LogP contribution in [-0.2, 0) is 0 Å². The summed E-state index contributed by atoms with van der Waals surface area (Å²) in [7, 11) is 0. The molecule has 0 unspecified atom stereocenters. The lowest BCUT2D eigenvalue weighted by atomic mass is 10.1. The first-order valence-corrected chi connectivity index (χ1v) is 6.71. The average molecular weight is 272 g/mol. The minimum Gasteiger partial charge on any atom is -0.493 e. The smallest absolute Gasteiger partial charge is 0.127 e. The molecule has 2 rings (SSSR count). The zero-order valence-corrected chi connectivity index (χ0v) is 11.9. The highest BCUT2D eigenvalue weighted by Gasteiger charge is 2.11. The van der Waals surface area contributed by atoms with Crippen molar-refractivity contribution < 1.29 is 14.6 Å². The lowest BCUT2D eigenvalue weighted by Gasteiger charge is -2.17. The molecule has 0 aliphatic heterocycles. The molecule has 3 heteroatoms. The number of hydrogen-bond acceptors (Lipinski definition) is 3. The van der Waals surface area contributed by atoms with Crippen LogP contribution in [0.1, 0.15) is 20.3 Å². The molecule has 0 saturated heterocycles. The zero-order valence-electron chi connectivity index (χ0n) is 11.9. The Morgan fingerprint density at radius 3 is 2.00 bits per heavy atom. The predicted octanol–water partition coefficient (Wildman–Crippen LogP) is 4.02. The molecule has 0 aliphatic carbocycles. The third kappa shape index (κ3) is 4.94. The van der Waals surface area contributed by atoms with E-state index in [0.717, 1.165) is 17.2 Å². The second-order valence-corrected chi connectivity index (χ2v) is 5.30. The summed E-state index contributed by atoms with van der Waals surface area (Å²) in [6, 6.07) is 17.1.